The molecule has 0 saturated heterocycles. The number of aromatic amines is 1. The van der Waals surface area contributed by atoms with Crippen molar-refractivity contribution in [1.82, 2.24) is 20.2 Å². The van der Waals surface area contributed by atoms with Crippen LogP contribution < -0.4 is 19.9 Å². The summed E-state index contributed by atoms with van der Waals surface area (Å²) in [6.07, 6.45) is 9.24. The number of nitrogens with one attached hydrogen (secondary N) is 2. The van der Waals surface area contributed by atoms with Crippen LogP contribution in [0.25, 0.3) is 10.9 Å². The lowest BCUT2D eigenvalue weighted by Crippen LogP contribution is -2.55. The fourth-order valence-corrected chi connectivity index (χ4v) is 5.38. The molecule has 2 aromatic carbocycles. The minimum Gasteiger partial charge on any atom is -0.497 e. The van der Waals surface area contributed by atoms with Gasteiger partial charge in [-0.15, -0.1) is 0 Å². The maximum atomic E-state index is 13.7. The number of rotatable bonds is 5. The average molecular weight is 484 g/mol. The highest BCUT2D eigenvalue weighted by molar-refractivity contribution is 6.09. The number of benzene rings is 2. The van der Waals surface area contributed by atoms with Crippen LogP contribution in [0, 0.1) is 0 Å². The lowest BCUT2D eigenvalue weighted by Gasteiger charge is -2.45. The molecule has 6 rings (SSSR count). The molecule has 1 saturated carbocycles. The Labute approximate surface area is 209 Å². The Morgan fingerprint density at radius 1 is 1.06 bits per heavy atom. The molecule has 1 atom stereocenters. The van der Waals surface area contributed by atoms with Crippen LogP contribution >= 0.6 is 0 Å². The van der Waals surface area contributed by atoms with E-state index in [1.807, 2.05) is 49.4 Å². The first-order chi connectivity index (χ1) is 17.6. The SMILES string of the molecule is COc1ccc(N2C(=O)[C@@H](C)N(C3CCCCC3)c3nc(Nc4ccc5[nH]ncc5c4)ncc32)cc1. The van der Waals surface area contributed by atoms with Crippen LogP contribution in [-0.2, 0) is 4.79 Å². The zero-order valence-electron chi connectivity index (χ0n) is 20.4. The second-order valence-electron chi connectivity index (χ2n) is 9.45. The van der Waals surface area contributed by atoms with Gasteiger partial charge in [0.15, 0.2) is 5.82 Å². The summed E-state index contributed by atoms with van der Waals surface area (Å²) >= 11 is 0. The molecule has 184 valence electrons. The Morgan fingerprint density at radius 3 is 2.64 bits per heavy atom. The first-order valence-corrected chi connectivity index (χ1v) is 12.5. The minimum atomic E-state index is -0.340. The van der Waals surface area contributed by atoms with E-state index in [4.69, 9.17) is 9.72 Å². The average Bonchev–Trinajstić information content (AvgIpc) is 3.38. The largest absolute Gasteiger partial charge is 0.497 e. The number of methoxy groups -OCH3 is 1. The second kappa shape index (κ2) is 9.14. The molecule has 0 radical (unpaired) electrons. The van der Waals surface area contributed by atoms with Crippen molar-refractivity contribution < 1.29 is 9.53 Å². The number of H-pyrrole nitrogens is 1. The summed E-state index contributed by atoms with van der Waals surface area (Å²) in [5.74, 6) is 2.04. The van der Waals surface area contributed by atoms with Crippen LogP contribution in [0.3, 0.4) is 0 Å². The summed E-state index contributed by atoms with van der Waals surface area (Å²) < 4.78 is 5.31. The van der Waals surface area contributed by atoms with Gasteiger partial charge in [0.2, 0.25) is 5.95 Å². The Kier molecular flexibility index (Phi) is 5.67. The van der Waals surface area contributed by atoms with Crippen LogP contribution in [0.15, 0.2) is 54.9 Å². The molecule has 2 aromatic heterocycles. The van der Waals surface area contributed by atoms with E-state index < -0.39 is 0 Å². The van der Waals surface area contributed by atoms with Gasteiger partial charge in [-0.05, 0) is 62.2 Å². The fraction of sp³-hybridized carbons (Fsp3) is 0.333. The van der Waals surface area contributed by atoms with E-state index in [2.05, 4.69) is 25.4 Å². The quantitative estimate of drug-likeness (QED) is 0.397. The number of hydrogen-bond donors (Lipinski definition) is 2. The molecule has 4 aromatic rings. The number of ether oxygens (including phenoxy) is 1. The Morgan fingerprint density at radius 2 is 1.86 bits per heavy atom. The monoisotopic (exact) mass is 483 g/mol. The minimum absolute atomic E-state index is 0.0213. The van der Waals surface area contributed by atoms with Gasteiger partial charge in [0.1, 0.15) is 17.5 Å². The molecular formula is C27H29N7O2. The maximum absolute atomic E-state index is 13.7. The van der Waals surface area contributed by atoms with E-state index in [-0.39, 0.29) is 18.0 Å². The molecule has 9 nitrogen and oxygen atoms in total. The fourth-order valence-electron chi connectivity index (χ4n) is 5.38. The molecule has 0 spiro atoms. The van der Waals surface area contributed by atoms with Crippen LogP contribution in [-0.4, -0.2) is 45.3 Å². The number of amides is 1. The van der Waals surface area contributed by atoms with Gasteiger partial charge in [-0.1, -0.05) is 19.3 Å². The van der Waals surface area contributed by atoms with Crippen LogP contribution in [0.1, 0.15) is 39.0 Å². The molecule has 2 aliphatic rings. The molecule has 0 unspecified atom stereocenters. The third kappa shape index (κ3) is 3.90. The molecule has 2 N–H and O–H groups in total. The number of aromatic nitrogens is 4. The Bertz CT molecular complexity index is 1400. The summed E-state index contributed by atoms with van der Waals surface area (Å²) in [4.78, 5) is 27.3. The normalized spacial score (nSPS) is 18.4. The number of fused-ring (bicyclic) bond motifs is 2. The van der Waals surface area contributed by atoms with Gasteiger partial charge in [0.05, 0.1) is 25.0 Å². The third-order valence-electron chi connectivity index (χ3n) is 7.23. The first-order valence-electron chi connectivity index (χ1n) is 12.5. The highest BCUT2D eigenvalue weighted by Crippen LogP contribution is 2.42. The molecule has 3 heterocycles. The number of nitrogens with zero attached hydrogens (tertiary/aromatic N) is 5. The Hall–Kier alpha value is -4.14. The summed E-state index contributed by atoms with van der Waals surface area (Å²) in [7, 11) is 1.63. The van der Waals surface area contributed by atoms with Gasteiger partial charge in [-0.2, -0.15) is 10.1 Å². The van der Waals surface area contributed by atoms with Crippen molar-refractivity contribution in [3.8, 4) is 5.75 Å². The van der Waals surface area contributed by atoms with Crippen molar-refractivity contribution in [2.75, 3.05) is 22.2 Å². The highest BCUT2D eigenvalue weighted by atomic mass is 16.5. The van der Waals surface area contributed by atoms with Gasteiger partial charge < -0.3 is 15.0 Å². The zero-order valence-corrected chi connectivity index (χ0v) is 20.4. The number of carbonyl (C=O) groups excluding carboxylic acids is 1. The summed E-state index contributed by atoms with van der Waals surface area (Å²) in [6, 6.07) is 13.4. The first kappa shape index (κ1) is 22.3. The van der Waals surface area contributed by atoms with E-state index in [1.165, 1.54) is 19.3 Å². The number of anilines is 5. The van der Waals surface area contributed by atoms with E-state index >= 15 is 0 Å². The van der Waals surface area contributed by atoms with Crippen molar-refractivity contribution in [1.29, 1.82) is 0 Å². The van der Waals surface area contributed by atoms with Gasteiger partial charge in [0, 0.05) is 22.8 Å². The molecule has 9 heteroatoms. The van der Waals surface area contributed by atoms with E-state index in [9.17, 15) is 4.79 Å². The Balaban J connectivity index is 1.42. The lowest BCUT2D eigenvalue weighted by molar-refractivity contribution is -0.119. The molecule has 1 aliphatic heterocycles. The summed E-state index contributed by atoms with van der Waals surface area (Å²) in [6.45, 7) is 1.98. The molecule has 0 bridgehead atoms. The summed E-state index contributed by atoms with van der Waals surface area (Å²) in [5, 5.41) is 11.4. The van der Waals surface area contributed by atoms with Crippen molar-refractivity contribution >= 4 is 45.6 Å². The van der Waals surface area contributed by atoms with Crippen molar-refractivity contribution in [2.24, 2.45) is 0 Å². The topological polar surface area (TPSA) is 99.3 Å². The maximum Gasteiger partial charge on any atom is 0.254 e. The predicted octanol–water partition coefficient (Wildman–Crippen LogP) is 5.31. The lowest BCUT2D eigenvalue weighted by atomic mass is 9.92. The van der Waals surface area contributed by atoms with Gasteiger partial charge >= 0.3 is 0 Å². The molecule has 1 aliphatic carbocycles. The molecule has 36 heavy (non-hydrogen) atoms. The smallest absolute Gasteiger partial charge is 0.254 e. The molecular weight excluding hydrogens is 454 g/mol. The van der Waals surface area contributed by atoms with Crippen LogP contribution in [0.2, 0.25) is 0 Å². The highest BCUT2D eigenvalue weighted by Gasteiger charge is 2.41. The molecule has 1 amide bonds. The number of hydrogen-bond acceptors (Lipinski definition) is 7. The second-order valence-corrected chi connectivity index (χ2v) is 9.45. The van der Waals surface area contributed by atoms with Gasteiger partial charge in [-0.3, -0.25) is 14.8 Å². The van der Waals surface area contributed by atoms with E-state index in [0.29, 0.717) is 11.6 Å². The third-order valence-corrected chi connectivity index (χ3v) is 7.23. The standard InChI is InChI=1S/C27H29N7O2/c1-17-26(35)34(21-9-11-22(36-2)12-10-21)24-16-28-27(30-19-8-13-23-18(14-19)15-29-32-23)31-25(24)33(17)20-6-4-3-5-7-20/h8-17,20H,3-7H2,1-2H3,(H,29,32)(H,28,30,31)/t17-/m1/s1. The van der Waals surface area contributed by atoms with Crippen molar-refractivity contribution in [3.05, 3.63) is 54.9 Å². The van der Waals surface area contributed by atoms with E-state index in [1.54, 1.807) is 24.4 Å². The van der Waals surface area contributed by atoms with Crippen LogP contribution in [0.4, 0.5) is 28.8 Å². The van der Waals surface area contributed by atoms with Crippen molar-refractivity contribution in [2.45, 2.75) is 51.1 Å². The summed E-state index contributed by atoms with van der Waals surface area (Å²) in [5.41, 5.74) is 3.31. The zero-order chi connectivity index (χ0) is 24.6. The van der Waals surface area contributed by atoms with Crippen LogP contribution in [0.5, 0.6) is 5.75 Å². The van der Waals surface area contributed by atoms with Gasteiger partial charge in [-0.25, -0.2) is 4.98 Å². The van der Waals surface area contributed by atoms with Gasteiger partial charge in [0.25, 0.3) is 5.91 Å². The van der Waals surface area contributed by atoms with E-state index in [0.717, 1.165) is 46.7 Å². The predicted molar refractivity (Wildman–Crippen MR) is 140 cm³/mol. The number of carbonyl (C=O) groups is 1. The van der Waals surface area contributed by atoms with Crippen molar-refractivity contribution in [3.63, 3.8) is 0 Å². The molecule has 1 fully saturated rings.